The van der Waals surface area contributed by atoms with Gasteiger partial charge in [-0.15, -0.1) is 11.3 Å². The van der Waals surface area contributed by atoms with E-state index < -0.39 is 0 Å². The first-order valence-electron chi connectivity index (χ1n) is 11.0. The molecule has 2 heterocycles. The molecule has 1 aliphatic carbocycles. The number of aryl methyl sites for hydroxylation is 1. The highest BCUT2D eigenvalue weighted by Crippen LogP contribution is 2.39. The molecule has 32 heavy (non-hydrogen) atoms. The normalized spacial score (nSPS) is 17.7. The molecule has 1 aromatic heterocycles. The number of nitrogens with zero attached hydrogens (tertiary/aromatic N) is 2. The monoisotopic (exact) mass is 508 g/mol. The van der Waals surface area contributed by atoms with Gasteiger partial charge in [-0.1, -0.05) is 46.3 Å². The zero-order valence-electron chi connectivity index (χ0n) is 18.0. The molecule has 2 amide bonds. The lowest BCUT2D eigenvalue weighted by Gasteiger charge is -2.38. The number of carbonyl (C=O) groups excluding carboxylic acids is 2. The first-order valence-corrected chi connectivity index (χ1v) is 12.7. The number of hydrogen-bond acceptors (Lipinski definition) is 3. The Hall–Kier alpha value is -2.44. The van der Waals surface area contributed by atoms with Crippen LogP contribution in [0.25, 0.3) is 0 Å². The van der Waals surface area contributed by atoms with Crippen LogP contribution >= 0.6 is 27.3 Å². The minimum absolute atomic E-state index is 0.0188. The van der Waals surface area contributed by atoms with Crippen LogP contribution < -0.4 is 0 Å². The second-order valence-electron chi connectivity index (χ2n) is 8.57. The van der Waals surface area contributed by atoms with Gasteiger partial charge >= 0.3 is 0 Å². The average Bonchev–Trinajstić information content (AvgIpc) is 3.52. The third-order valence-electron chi connectivity index (χ3n) is 6.39. The molecule has 164 valence electrons. The number of carbonyl (C=O) groups is 2. The van der Waals surface area contributed by atoms with Gasteiger partial charge in [0.1, 0.15) is 6.54 Å². The number of amides is 2. The predicted octanol–water partition coefficient (Wildman–Crippen LogP) is 5.60. The van der Waals surface area contributed by atoms with Gasteiger partial charge in [-0.25, -0.2) is 0 Å². The van der Waals surface area contributed by atoms with Gasteiger partial charge in [-0.2, -0.15) is 0 Å². The van der Waals surface area contributed by atoms with E-state index in [1.807, 2.05) is 41.3 Å². The number of thiophene rings is 1. The van der Waals surface area contributed by atoms with E-state index in [1.54, 1.807) is 16.2 Å². The molecule has 0 bridgehead atoms. The standard InChI is InChI=1S/C26H25BrN2O2S/c1-17-5-2-3-8-21(17)25-22-12-14-32-23(22)11-13-28(25)24(30)16-29(20-9-10-20)26(31)18-6-4-7-19(27)15-18/h2-8,12,14-15,20,25H,9-11,13,16H2,1H3. The van der Waals surface area contributed by atoms with E-state index in [4.69, 9.17) is 0 Å². The van der Waals surface area contributed by atoms with Crippen molar-refractivity contribution in [2.45, 2.75) is 38.3 Å². The summed E-state index contributed by atoms with van der Waals surface area (Å²) in [5.41, 5.74) is 4.18. The van der Waals surface area contributed by atoms with Crippen molar-refractivity contribution < 1.29 is 9.59 Å². The summed E-state index contributed by atoms with van der Waals surface area (Å²) in [5, 5.41) is 2.12. The van der Waals surface area contributed by atoms with E-state index in [-0.39, 0.29) is 30.4 Å². The van der Waals surface area contributed by atoms with Crippen LogP contribution in [0.4, 0.5) is 0 Å². The van der Waals surface area contributed by atoms with Crippen LogP contribution in [0.2, 0.25) is 0 Å². The van der Waals surface area contributed by atoms with E-state index >= 15 is 0 Å². The lowest BCUT2D eigenvalue weighted by Crippen LogP contribution is -2.47. The number of hydrogen-bond donors (Lipinski definition) is 0. The van der Waals surface area contributed by atoms with Gasteiger partial charge in [0.15, 0.2) is 0 Å². The molecule has 0 saturated heterocycles. The molecule has 1 aliphatic heterocycles. The fourth-order valence-corrected chi connectivity index (χ4v) is 5.89. The highest BCUT2D eigenvalue weighted by molar-refractivity contribution is 9.10. The summed E-state index contributed by atoms with van der Waals surface area (Å²) < 4.78 is 0.867. The molecule has 1 unspecified atom stereocenters. The summed E-state index contributed by atoms with van der Waals surface area (Å²) in [6.45, 7) is 2.90. The minimum Gasteiger partial charge on any atom is -0.330 e. The van der Waals surface area contributed by atoms with Crippen LogP contribution in [-0.4, -0.2) is 40.7 Å². The van der Waals surface area contributed by atoms with E-state index in [9.17, 15) is 9.59 Å². The zero-order valence-corrected chi connectivity index (χ0v) is 20.4. The molecule has 0 spiro atoms. The maximum Gasteiger partial charge on any atom is 0.254 e. The molecule has 4 nitrogen and oxygen atoms in total. The summed E-state index contributed by atoms with van der Waals surface area (Å²) in [4.78, 5) is 32.1. The molecule has 5 rings (SSSR count). The molecule has 0 radical (unpaired) electrons. The van der Waals surface area contributed by atoms with Crippen molar-refractivity contribution in [3.63, 3.8) is 0 Å². The molecule has 3 aromatic rings. The number of halogens is 1. The Balaban J connectivity index is 1.44. The Kier molecular flexibility index (Phi) is 5.91. The van der Waals surface area contributed by atoms with E-state index in [2.05, 4.69) is 46.4 Å². The third kappa shape index (κ3) is 4.14. The van der Waals surface area contributed by atoms with Crippen molar-refractivity contribution in [3.8, 4) is 0 Å². The average molecular weight is 509 g/mol. The van der Waals surface area contributed by atoms with Crippen LogP contribution in [0.5, 0.6) is 0 Å². The quantitative estimate of drug-likeness (QED) is 0.450. The van der Waals surface area contributed by atoms with Crippen molar-refractivity contribution in [3.05, 3.63) is 91.6 Å². The molecular weight excluding hydrogens is 484 g/mol. The molecule has 2 aliphatic rings. The van der Waals surface area contributed by atoms with Crippen molar-refractivity contribution in [2.75, 3.05) is 13.1 Å². The second kappa shape index (κ2) is 8.83. The molecule has 2 aromatic carbocycles. The summed E-state index contributed by atoms with van der Waals surface area (Å²) in [7, 11) is 0. The SMILES string of the molecule is Cc1ccccc1C1c2ccsc2CCN1C(=O)CN(C(=O)c1cccc(Br)c1)C1CC1. The van der Waals surface area contributed by atoms with E-state index in [1.165, 1.54) is 16.0 Å². The fraction of sp³-hybridized carbons (Fsp3) is 0.308. The topological polar surface area (TPSA) is 40.6 Å². The maximum absolute atomic E-state index is 13.7. The first kappa shape index (κ1) is 21.4. The number of benzene rings is 2. The number of rotatable bonds is 5. The van der Waals surface area contributed by atoms with Gasteiger partial charge in [-0.3, -0.25) is 9.59 Å². The minimum atomic E-state index is -0.0966. The fourth-order valence-electron chi connectivity index (χ4n) is 4.59. The highest BCUT2D eigenvalue weighted by atomic mass is 79.9. The summed E-state index contributed by atoms with van der Waals surface area (Å²) in [6.07, 6.45) is 2.79. The Morgan fingerprint density at radius 2 is 1.91 bits per heavy atom. The Morgan fingerprint density at radius 1 is 1.09 bits per heavy atom. The second-order valence-corrected chi connectivity index (χ2v) is 10.5. The third-order valence-corrected chi connectivity index (χ3v) is 7.88. The van der Waals surface area contributed by atoms with Crippen LogP contribution in [0.3, 0.4) is 0 Å². The maximum atomic E-state index is 13.7. The Labute approximate surface area is 201 Å². The van der Waals surface area contributed by atoms with Crippen molar-refractivity contribution in [2.24, 2.45) is 0 Å². The molecule has 1 saturated carbocycles. The summed E-state index contributed by atoms with van der Waals surface area (Å²) in [6, 6.07) is 17.9. The lowest BCUT2D eigenvalue weighted by molar-refractivity contribution is -0.134. The zero-order chi connectivity index (χ0) is 22.2. The van der Waals surface area contributed by atoms with Crippen molar-refractivity contribution in [1.29, 1.82) is 0 Å². The van der Waals surface area contributed by atoms with Gasteiger partial charge in [0.2, 0.25) is 5.91 Å². The van der Waals surface area contributed by atoms with Gasteiger partial charge in [0.05, 0.1) is 6.04 Å². The van der Waals surface area contributed by atoms with E-state index in [0.717, 1.165) is 29.3 Å². The Bertz CT molecular complexity index is 1170. The highest BCUT2D eigenvalue weighted by Gasteiger charge is 2.38. The smallest absolute Gasteiger partial charge is 0.254 e. The van der Waals surface area contributed by atoms with Crippen LogP contribution in [0.15, 0.2) is 64.5 Å². The molecule has 6 heteroatoms. The lowest BCUT2D eigenvalue weighted by atomic mass is 9.90. The van der Waals surface area contributed by atoms with Gasteiger partial charge in [0, 0.05) is 27.5 Å². The van der Waals surface area contributed by atoms with Crippen LogP contribution in [0, 0.1) is 6.92 Å². The molecular formula is C26H25BrN2O2S. The molecule has 1 fully saturated rings. The predicted molar refractivity (Wildman–Crippen MR) is 131 cm³/mol. The largest absolute Gasteiger partial charge is 0.330 e. The summed E-state index contributed by atoms with van der Waals surface area (Å²) >= 11 is 5.22. The molecule has 1 atom stereocenters. The van der Waals surface area contributed by atoms with Crippen molar-refractivity contribution in [1.82, 2.24) is 9.80 Å². The van der Waals surface area contributed by atoms with Gasteiger partial charge in [-0.05, 0) is 72.5 Å². The van der Waals surface area contributed by atoms with Gasteiger partial charge < -0.3 is 9.80 Å². The van der Waals surface area contributed by atoms with Crippen molar-refractivity contribution >= 4 is 39.1 Å². The molecule has 0 N–H and O–H groups in total. The van der Waals surface area contributed by atoms with E-state index in [0.29, 0.717) is 12.1 Å². The first-order chi connectivity index (χ1) is 15.5. The van der Waals surface area contributed by atoms with Crippen LogP contribution in [-0.2, 0) is 11.2 Å². The Morgan fingerprint density at radius 3 is 2.66 bits per heavy atom. The number of fused-ring (bicyclic) bond motifs is 1. The van der Waals surface area contributed by atoms with Gasteiger partial charge in [0.25, 0.3) is 5.91 Å². The van der Waals surface area contributed by atoms with Crippen LogP contribution in [0.1, 0.15) is 50.8 Å². The summed E-state index contributed by atoms with van der Waals surface area (Å²) in [5.74, 6) is -0.0480.